The van der Waals surface area contributed by atoms with Crippen molar-refractivity contribution in [1.29, 1.82) is 0 Å². The lowest BCUT2D eigenvalue weighted by atomic mass is 9.93. The SMILES string of the molecule is COC(=O)C1=C(c2ccc(F)c(F)c2)N(C(=O)Oc2ccc([N+](=O)[O-])cc2)C(=O)NC1C(=O)CC[Si](C)(C)C. The van der Waals surface area contributed by atoms with Crippen molar-refractivity contribution in [2.24, 2.45) is 0 Å². The molecule has 3 rings (SSSR count). The number of Topliss-reactive ketones (excluding diaryl/α,β-unsaturated/α-hetero) is 1. The van der Waals surface area contributed by atoms with Crippen LogP contribution < -0.4 is 10.1 Å². The van der Waals surface area contributed by atoms with Gasteiger partial charge in [0.05, 0.1) is 23.3 Å². The number of benzene rings is 2. The molecule has 1 heterocycles. The third-order valence-corrected chi connectivity index (χ3v) is 7.47. The molecule has 1 aliphatic heterocycles. The zero-order valence-electron chi connectivity index (χ0n) is 21.4. The van der Waals surface area contributed by atoms with Crippen LogP contribution in [-0.4, -0.2) is 54.9 Å². The van der Waals surface area contributed by atoms with E-state index in [-0.39, 0.29) is 23.4 Å². The molecule has 0 radical (unpaired) electrons. The Balaban J connectivity index is 2.15. The number of ketones is 1. The lowest BCUT2D eigenvalue weighted by molar-refractivity contribution is -0.384. The highest BCUT2D eigenvalue weighted by atomic mass is 28.3. The number of nitrogens with one attached hydrogen (secondary N) is 1. The molecule has 2 aromatic rings. The van der Waals surface area contributed by atoms with Crippen LogP contribution in [-0.2, 0) is 14.3 Å². The minimum atomic E-state index is -1.72. The Bertz CT molecular complexity index is 1370. The quantitative estimate of drug-likeness (QED) is 0.212. The Morgan fingerprint density at radius 3 is 2.26 bits per heavy atom. The summed E-state index contributed by atoms with van der Waals surface area (Å²) in [5, 5.41) is 13.2. The Kier molecular flexibility index (Phi) is 8.59. The maximum atomic E-state index is 14.3. The third kappa shape index (κ3) is 6.70. The monoisotopic (exact) mass is 561 g/mol. The van der Waals surface area contributed by atoms with Crippen molar-refractivity contribution in [2.45, 2.75) is 38.1 Å². The number of nitro groups is 1. The van der Waals surface area contributed by atoms with Gasteiger partial charge >= 0.3 is 18.1 Å². The summed E-state index contributed by atoms with van der Waals surface area (Å²) in [5.41, 5.74) is -1.60. The van der Waals surface area contributed by atoms with Crippen LogP contribution >= 0.6 is 0 Å². The molecule has 39 heavy (non-hydrogen) atoms. The minimum absolute atomic E-state index is 0.000532. The molecule has 0 spiro atoms. The summed E-state index contributed by atoms with van der Waals surface area (Å²) >= 11 is 0. The van der Waals surface area contributed by atoms with E-state index in [9.17, 15) is 38.1 Å². The largest absolute Gasteiger partial charge is 0.466 e. The highest BCUT2D eigenvalue weighted by molar-refractivity contribution is 6.76. The fourth-order valence-corrected chi connectivity index (χ4v) is 4.71. The van der Waals surface area contributed by atoms with Gasteiger partial charge in [0.25, 0.3) is 5.69 Å². The molecule has 14 heteroatoms. The number of rotatable bonds is 8. The maximum absolute atomic E-state index is 14.3. The van der Waals surface area contributed by atoms with Crippen molar-refractivity contribution in [3.8, 4) is 5.75 Å². The lowest BCUT2D eigenvalue weighted by Gasteiger charge is -2.34. The average Bonchev–Trinajstić information content (AvgIpc) is 2.87. The molecular formula is C25H25F2N3O8Si. The Morgan fingerprint density at radius 2 is 1.72 bits per heavy atom. The van der Waals surface area contributed by atoms with Gasteiger partial charge in [-0.15, -0.1) is 0 Å². The number of nitro benzene ring substituents is 1. The topological polar surface area (TPSA) is 145 Å². The first-order valence-corrected chi connectivity index (χ1v) is 15.3. The first kappa shape index (κ1) is 29.1. The van der Waals surface area contributed by atoms with Crippen LogP contribution in [0.3, 0.4) is 0 Å². The van der Waals surface area contributed by atoms with Crippen molar-refractivity contribution >= 4 is 43.3 Å². The molecule has 0 saturated heterocycles. The number of carbonyl (C=O) groups excluding carboxylic acids is 4. The fraction of sp³-hybridized carbons (Fsp3) is 0.280. The normalized spacial score (nSPS) is 15.5. The van der Waals surface area contributed by atoms with E-state index < -0.39 is 65.8 Å². The van der Waals surface area contributed by atoms with E-state index in [1.807, 2.05) is 19.6 Å². The van der Waals surface area contributed by atoms with E-state index in [2.05, 4.69) is 5.32 Å². The van der Waals surface area contributed by atoms with Crippen LogP contribution in [0.25, 0.3) is 5.70 Å². The standard InChI is InChI=1S/C25H25F2N3O8Si/c1-37-23(32)20-21(19(31)11-12-39(2,3)4)28-24(33)29(22(20)14-5-10-17(26)18(27)13-14)25(34)38-16-8-6-15(7-9-16)30(35)36/h5-10,13,21H,11-12H2,1-4H3,(H,28,33). The summed E-state index contributed by atoms with van der Waals surface area (Å²) in [4.78, 5) is 63.2. The van der Waals surface area contributed by atoms with Gasteiger partial charge in [-0.3, -0.25) is 14.9 Å². The van der Waals surface area contributed by atoms with Crippen molar-refractivity contribution in [3.05, 3.63) is 75.3 Å². The van der Waals surface area contributed by atoms with Crippen molar-refractivity contribution < 1.29 is 42.4 Å². The van der Waals surface area contributed by atoms with Gasteiger partial charge in [0, 0.05) is 32.2 Å². The van der Waals surface area contributed by atoms with Crippen molar-refractivity contribution in [1.82, 2.24) is 10.2 Å². The van der Waals surface area contributed by atoms with Gasteiger partial charge in [-0.25, -0.2) is 23.2 Å². The van der Waals surface area contributed by atoms with Crippen LogP contribution in [0.2, 0.25) is 25.7 Å². The molecule has 1 atom stereocenters. The zero-order chi connectivity index (χ0) is 29.1. The average molecular weight is 562 g/mol. The van der Waals surface area contributed by atoms with Crippen LogP contribution in [0.15, 0.2) is 48.0 Å². The number of ether oxygens (including phenoxy) is 2. The first-order valence-electron chi connectivity index (χ1n) is 11.6. The number of halogens is 2. The van der Waals surface area contributed by atoms with Gasteiger partial charge in [-0.2, -0.15) is 4.90 Å². The summed E-state index contributed by atoms with van der Waals surface area (Å²) in [6.07, 6.45) is -1.39. The Labute approximate surface area is 222 Å². The summed E-state index contributed by atoms with van der Waals surface area (Å²) in [7, 11) is -0.711. The molecule has 1 unspecified atom stereocenters. The van der Waals surface area contributed by atoms with Gasteiger partial charge in [0.1, 0.15) is 11.8 Å². The molecule has 0 fully saturated rings. The van der Waals surface area contributed by atoms with E-state index in [0.717, 1.165) is 43.5 Å². The molecular weight excluding hydrogens is 536 g/mol. The lowest BCUT2D eigenvalue weighted by Crippen LogP contribution is -2.57. The Hall–Kier alpha value is -4.46. The summed E-state index contributed by atoms with van der Waals surface area (Å²) < 4.78 is 38.0. The molecule has 0 aliphatic carbocycles. The van der Waals surface area contributed by atoms with Crippen LogP contribution in [0.4, 0.5) is 24.1 Å². The smallest absolute Gasteiger partial charge is 0.428 e. The predicted octanol–water partition coefficient (Wildman–Crippen LogP) is 4.65. The van der Waals surface area contributed by atoms with E-state index in [4.69, 9.17) is 9.47 Å². The number of hydrogen-bond acceptors (Lipinski definition) is 8. The van der Waals surface area contributed by atoms with Gasteiger partial charge in [0.15, 0.2) is 17.4 Å². The number of esters is 1. The fourth-order valence-electron chi connectivity index (χ4n) is 3.71. The summed E-state index contributed by atoms with van der Waals surface area (Å²) in [6, 6.07) is 4.50. The number of amides is 3. The number of hydrogen-bond donors (Lipinski definition) is 1. The van der Waals surface area contributed by atoms with Crippen molar-refractivity contribution in [3.63, 3.8) is 0 Å². The van der Waals surface area contributed by atoms with Gasteiger partial charge < -0.3 is 14.8 Å². The second kappa shape index (κ2) is 11.5. The van der Waals surface area contributed by atoms with E-state index in [0.29, 0.717) is 17.0 Å². The number of nitrogens with zero attached hydrogens (tertiary/aromatic N) is 2. The Morgan fingerprint density at radius 1 is 1.08 bits per heavy atom. The summed E-state index contributed by atoms with van der Waals surface area (Å²) in [5.74, 6) is -4.43. The third-order valence-electron chi connectivity index (χ3n) is 5.72. The van der Waals surface area contributed by atoms with E-state index >= 15 is 0 Å². The molecule has 1 N–H and O–H groups in total. The molecule has 1 aliphatic rings. The molecule has 3 amide bonds. The highest BCUT2D eigenvalue weighted by Crippen LogP contribution is 2.33. The van der Waals surface area contributed by atoms with Crippen LogP contribution in [0.1, 0.15) is 12.0 Å². The van der Waals surface area contributed by atoms with Gasteiger partial charge in [0.2, 0.25) is 0 Å². The number of urea groups is 1. The maximum Gasteiger partial charge on any atom is 0.428 e. The van der Waals surface area contributed by atoms with Crippen molar-refractivity contribution in [2.75, 3.05) is 7.11 Å². The van der Waals surface area contributed by atoms with E-state index in [1.165, 1.54) is 0 Å². The predicted molar refractivity (Wildman–Crippen MR) is 136 cm³/mol. The number of non-ortho nitro benzene ring substituents is 1. The second-order valence-electron chi connectivity index (χ2n) is 9.75. The molecule has 11 nitrogen and oxygen atoms in total. The zero-order valence-corrected chi connectivity index (χ0v) is 22.4. The number of imide groups is 1. The molecule has 2 aromatic carbocycles. The summed E-state index contributed by atoms with van der Waals surface area (Å²) in [6.45, 7) is 6.08. The minimum Gasteiger partial charge on any atom is -0.466 e. The second-order valence-corrected chi connectivity index (χ2v) is 15.4. The molecule has 206 valence electrons. The molecule has 0 bridgehead atoms. The number of carbonyl (C=O) groups is 4. The van der Waals surface area contributed by atoms with Crippen LogP contribution in [0.5, 0.6) is 5.75 Å². The van der Waals surface area contributed by atoms with Gasteiger partial charge in [-0.1, -0.05) is 25.7 Å². The molecule has 0 saturated carbocycles. The van der Waals surface area contributed by atoms with E-state index in [1.54, 1.807) is 0 Å². The van der Waals surface area contributed by atoms with Crippen LogP contribution in [0, 0.1) is 21.7 Å². The highest BCUT2D eigenvalue weighted by Gasteiger charge is 2.44. The first-order chi connectivity index (χ1) is 18.2. The van der Waals surface area contributed by atoms with Gasteiger partial charge in [-0.05, 0) is 30.3 Å². The molecule has 0 aromatic heterocycles. The number of methoxy groups -OCH3 is 1.